The van der Waals surface area contributed by atoms with Gasteiger partial charge in [-0.25, -0.2) is 4.79 Å². The molecule has 0 aromatic heterocycles. The summed E-state index contributed by atoms with van der Waals surface area (Å²) in [4.78, 5) is 38.5. The van der Waals surface area contributed by atoms with Crippen LogP contribution in [-0.4, -0.2) is 40.7 Å². The highest BCUT2D eigenvalue weighted by Crippen LogP contribution is 2.32. The van der Waals surface area contributed by atoms with Gasteiger partial charge in [0.1, 0.15) is 4.32 Å². The maximum absolute atomic E-state index is 12.7. The highest BCUT2D eigenvalue weighted by atomic mass is 35.5. The average molecular weight is 503 g/mol. The van der Waals surface area contributed by atoms with Crippen molar-refractivity contribution in [3.8, 4) is 0 Å². The Bertz CT molecular complexity index is 1090. The van der Waals surface area contributed by atoms with Gasteiger partial charge < -0.3 is 10.1 Å². The summed E-state index contributed by atoms with van der Waals surface area (Å²) >= 11 is 12.6. The molecule has 1 N–H and O–H groups in total. The van der Waals surface area contributed by atoms with Crippen molar-refractivity contribution >= 4 is 69.4 Å². The first-order chi connectivity index (χ1) is 15.9. The summed E-state index contributed by atoms with van der Waals surface area (Å²) in [6.45, 7) is 0.513. The zero-order valence-corrected chi connectivity index (χ0v) is 20.4. The number of methoxy groups -OCH3 is 1. The minimum atomic E-state index is -0.408. The van der Waals surface area contributed by atoms with Gasteiger partial charge in [-0.2, -0.15) is 0 Å². The number of unbranched alkanes of at least 4 members (excludes halogenated alkanes) is 2. The van der Waals surface area contributed by atoms with E-state index in [1.807, 2.05) is 0 Å². The Balaban J connectivity index is 1.44. The van der Waals surface area contributed by atoms with E-state index in [-0.39, 0.29) is 11.8 Å². The van der Waals surface area contributed by atoms with E-state index in [1.54, 1.807) is 59.5 Å². The third-order valence-corrected chi connectivity index (χ3v) is 6.51. The van der Waals surface area contributed by atoms with Crippen LogP contribution in [0.3, 0.4) is 0 Å². The van der Waals surface area contributed by atoms with E-state index in [0.29, 0.717) is 44.9 Å². The van der Waals surface area contributed by atoms with Gasteiger partial charge in [0.2, 0.25) is 5.91 Å². The number of thioether (sulfide) groups is 1. The molecule has 2 aromatic rings. The number of thiocarbonyl (C=S) groups is 1. The molecule has 33 heavy (non-hydrogen) atoms. The first-order valence-electron chi connectivity index (χ1n) is 10.4. The molecule has 0 atom stereocenters. The number of ether oxygens (including phenoxy) is 1. The fourth-order valence-corrected chi connectivity index (χ4v) is 4.70. The van der Waals surface area contributed by atoms with Crippen molar-refractivity contribution in [2.45, 2.75) is 25.7 Å². The number of nitrogens with one attached hydrogen (secondary N) is 1. The molecule has 2 aromatic carbocycles. The van der Waals surface area contributed by atoms with Crippen molar-refractivity contribution in [2.75, 3.05) is 19.0 Å². The van der Waals surface area contributed by atoms with Gasteiger partial charge in [-0.05, 0) is 54.8 Å². The highest BCUT2D eigenvalue weighted by Gasteiger charge is 2.31. The molecule has 0 aliphatic carbocycles. The second-order valence-electron chi connectivity index (χ2n) is 7.32. The van der Waals surface area contributed by atoms with Gasteiger partial charge in [-0.3, -0.25) is 14.5 Å². The lowest BCUT2D eigenvalue weighted by Crippen LogP contribution is -2.29. The normalized spacial score (nSPS) is 14.6. The van der Waals surface area contributed by atoms with Crippen molar-refractivity contribution in [2.24, 2.45) is 0 Å². The Labute approximate surface area is 207 Å². The van der Waals surface area contributed by atoms with Gasteiger partial charge in [0.15, 0.2) is 0 Å². The smallest absolute Gasteiger partial charge is 0.337 e. The molecular formula is C24H23ClN2O4S2. The van der Waals surface area contributed by atoms with Crippen molar-refractivity contribution in [3.63, 3.8) is 0 Å². The summed E-state index contributed by atoms with van der Waals surface area (Å²) in [5, 5.41) is 3.40. The molecule has 1 saturated heterocycles. The average Bonchev–Trinajstić information content (AvgIpc) is 3.06. The van der Waals surface area contributed by atoms with Gasteiger partial charge in [0.05, 0.1) is 17.6 Å². The number of carbonyl (C=O) groups excluding carboxylic acids is 3. The van der Waals surface area contributed by atoms with E-state index >= 15 is 0 Å². The van der Waals surface area contributed by atoms with Crippen LogP contribution in [0.1, 0.15) is 41.6 Å². The zero-order valence-electron chi connectivity index (χ0n) is 18.0. The molecule has 0 saturated carbocycles. The number of anilines is 1. The maximum atomic E-state index is 12.7. The summed E-state index contributed by atoms with van der Waals surface area (Å²) in [6, 6.07) is 13.9. The van der Waals surface area contributed by atoms with Crippen molar-refractivity contribution in [1.29, 1.82) is 0 Å². The van der Waals surface area contributed by atoms with Crippen LogP contribution in [0.25, 0.3) is 6.08 Å². The molecule has 1 heterocycles. The molecule has 2 amide bonds. The molecule has 0 bridgehead atoms. The largest absolute Gasteiger partial charge is 0.465 e. The summed E-state index contributed by atoms with van der Waals surface area (Å²) in [5.41, 5.74) is 1.93. The number of esters is 1. The Morgan fingerprint density at radius 1 is 1.15 bits per heavy atom. The van der Waals surface area contributed by atoms with Crippen LogP contribution in [0, 0.1) is 0 Å². The Morgan fingerprint density at radius 3 is 2.61 bits per heavy atom. The van der Waals surface area contributed by atoms with Crippen LogP contribution < -0.4 is 5.32 Å². The fraction of sp³-hybridized carbons (Fsp3) is 0.250. The number of carbonyl (C=O) groups is 3. The maximum Gasteiger partial charge on any atom is 0.337 e. The summed E-state index contributed by atoms with van der Waals surface area (Å²) in [5.74, 6) is -0.598. The van der Waals surface area contributed by atoms with Crippen LogP contribution in [-0.2, 0) is 14.3 Å². The highest BCUT2D eigenvalue weighted by molar-refractivity contribution is 8.26. The van der Waals surface area contributed by atoms with Gasteiger partial charge in [-0.15, -0.1) is 0 Å². The Kier molecular flexibility index (Phi) is 9.05. The third kappa shape index (κ3) is 7.15. The van der Waals surface area contributed by atoms with E-state index in [0.717, 1.165) is 18.4 Å². The van der Waals surface area contributed by atoms with Gasteiger partial charge in [-0.1, -0.05) is 60.2 Å². The first-order valence-corrected chi connectivity index (χ1v) is 12.0. The zero-order chi connectivity index (χ0) is 23.8. The number of amides is 2. The molecule has 1 aliphatic rings. The Hall–Kier alpha value is -2.68. The molecule has 0 radical (unpaired) electrons. The molecule has 1 fully saturated rings. The van der Waals surface area contributed by atoms with Gasteiger partial charge >= 0.3 is 5.97 Å². The number of nitrogens with zero attached hydrogens (tertiary/aromatic N) is 1. The molecule has 1 aliphatic heterocycles. The van der Waals surface area contributed by atoms with Crippen LogP contribution in [0.5, 0.6) is 0 Å². The summed E-state index contributed by atoms with van der Waals surface area (Å²) in [6.07, 6.45) is 4.42. The topological polar surface area (TPSA) is 75.7 Å². The fourth-order valence-electron chi connectivity index (χ4n) is 3.20. The van der Waals surface area contributed by atoms with Gasteiger partial charge in [0, 0.05) is 23.7 Å². The molecule has 6 nitrogen and oxygen atoms in total. The number of rotatable bonds is 9. The Morgan fingerprint density at radius 2 is 1.91 bits per heavy atom. The van der Waals surface area contributed by atoms with Crippen molar-refractivity contribution in [3.05, 3.63) is 69.6 Å². The van der Waals surface area contributed by atoms with E-state index in [2.05, 4.69) is 5.32 Å². The third-order valence-electron chi connectivity index (χ3n) is 4.90. The number of halogens is 1. The number of hydrogen-bond acceptors (Lipinski definition) is 6. The standard InChI is InChI=1S/C24H23ClN2O4S2/c1-31-23(30)17-11-9-16(10-12-17)14-20-22(29)27(24(32)33-20)13-4-2-3-8-21(28)26-19-7-5-6-18(25)15-19/h5-7,9-12,14-15H,2-4,8,13H2,1H3,(H,26,28). The predicted octanol–water partition coefficient (Wildman–Crippen LogP) is 5.53. The second kappa shape index (κ2) is 12.0. The molecule has 0 unspecified atom stereocenters. The van der Waals surface area contributed by atoms with Crippen molar-refractivity contribution in [1.82, 2.24) is 4.90 Å². The summed E-state index contributed by atoms with van der Waals surface area (Å²) < 4.78 is 5.21. The SMILES string of the molecule is COC(=O)c1ccc(C=C2SC(=S)N(CCCCCC(=O)Nc3cccc(Cl)c3)C2=O)cc1. The van der Waals surface area contributed by atoms with E-state index < -0.39 is 5.97 Å². The quantitative estimate of drug-likeness (QED) is 0.210. The van der Waals surface area contributed by atoms with E-state index in [9.17, 15) is 14.4 Å². The van der Waals surface area contributed by atoms with Crippen LogP contribution in [0.15, 0.2) is 53.4 Å². The van der Waals surface area contributed by atoms with Crippen LogP contribution in [0.4, 0.5) is 5.69 Å². The molecular weight excluding hydrogens is 480 g/mol. The van der Waals surface area contributed by atoms with Crippen LogP contribution in [0.2, 0.25) is 5.02 Å². The number of hydrogen-bond donors (Lipinski definition) is 1. The minimum Gasteiger partial charge on any atom is -0.465 e. The molecule has 0 spiro atoms. The lowest BCUT2D eigenvalue weighted by Gasteiger charge is -2.14. The molecule has 3 rings (SSSR count). The monoisotopic (exact) mass is 502 g/mol. The van der Waals surface area contributed by atoms with E-state index in [1.165, 1.54) is 18.9 Å². The molecule has 9 heteroatoms. The number of benzene rings is 2. The summed E-state index contributed by atoms with van der Waals surface area (Å²) in [7, 11) is 1.33. The van der Waals surface area contributed by atoms with Gasteiger partial charge in [0.25, 0.3) is 5.91 Å². The van der Waals surface area contributed by atoms with E-state index in [4.69, 9.17) is 28.6 Å². The predicted molar refractivity (Wildman–Crippen MR) is 136 cm³/mol. The molecule has 172 valence electrons. The van der Waals surface area contributed by atoms with Crippen molar-refractivity contribution < 1.29 is 19.1 Å². The second-order valence-corrected chi connectivity index (χ2v) is 9.43. The lowest BCUT2D eigenvalue weighted by molar-refractivity contribution is -0.122. The lowest BCUT2D eigenvalue weighted by atomic mass is 10.1. The minimum absolute atomic E-state index is 0.0657. The van der Waals surface area contributed by atoms with Crippen LogP contribution >= 0.6 is 35.6 Å². The first kappa shape index (κ1) is 25.0.